The van der Waals surface area contributed by atoms with Gasteiger partial charge in [-0.15, -0.1) is 0 Å². The van der Waals surface area contributed by atoms with E-state index in [-0.39, 0.29) is 0 Å². The van der Waals surface area contributed by atoms with Crippen LogP contribution in [0.4, 0.5) is 0 Å². The molecule has 98 valence electrons. The molecular weight excluding hydrogens is 222 g/mol. The average Bonchev–Trinajstić information content (AvgIpc) is 2.46. The monoisotopic (exact) mass is 245 g/mol. The second-order valence-corrected chi connectivity index (χ2v) is 5.55. The van der Waals surface area contributed by atoms with Crippen LogP contribution < -0.4 is 5.32 Å². The number of fused-ring (bicyclic) bond motifs is 1. The SMILES string of the molecule is c1cc2c(cc1CCC1CNCCO1)CCCC2. The van der Waals surface area contributed by atoms with Gasteiger partial charge in [-0.2, -0.15) is 0 Å². The highest BCUT2D eigenvalue weighted by Crippen LogP contribution is 2.23. The van der Waals surface area contributed by atoms with Gasteiger partial charge in [0, 0.05) is 13.1 Å². The Balaban J connectivity index is 1.58. The Morgan fingerprint density at radius 2 is 2.06 bits per heavy atom. The molecule has 1 atom stereocenters. The Hall–Kier alpha value is -0.860. The summed E-state index contributed by atoms with van der Waals surface area (Å²) in [5.41, 5.74) is 4.67. The van der Waals surface area contributed by atoms with Crippen LogP contribution in [0.2, 0.25) is 0 Å². The topological polar surface area (TPSA) is 21.3 Å². The first kappa shape index (κ1) is 12.2. The van der Waals surface area contributed by atoms with Crippen molar-refractivity contribution in [2.45, 2.75) is 44.6 Å². The van der Waals surface area contributed by atoms with Crippen LogP contribution in [0.25, 0.3) is 0 Å². The number of hydrogen-bond donors (Lipinski definition) is 1. The lowest BCUT2D eigenvalue weighted by atomic mass is 9.89. The molecule has 0 saturated carbocycles. The van der Waals surface area contributed by atoms with E-state index in [0.717, 1.165) is 32.5 Å². The first-order valence-electron chi connectivity index (χ1n) is 7.35. The number of hydrogen-bond acceptors (Lipinski definition) is 2. The van der Waals surface area contributed by atoms with Crippen molar-refractivity contribution in [3.63, 3.8) is 0 Å². The molecule has 2 heteroatoms. The first-order chi connectivity index (χ1) is 8.92. The molecule has 1 N–H and O–H groups in total. The van der Waals surface area contributed by atoms with Crippen LogP contribution in [-0.4, -0.2) is 25.8 Å². The summed E-state index contributed by atoms with van der Waals surface area (Å²) in [6.45, 7) is 2.90. The van der Waals surface area contributed by atoms with E-state index in [1.54, 1.807) is 11.1 Å². The number of rotatable bonds is 3. The standard InChI is InChI=1S/C16H23NO/c1-2-4-15-11-13(5-7-14(15)3-1)6-8-16-12-17-9-10-18-16/h5,7,11,16-17H,1-4,6,8-10,12H2. The van der Waals surface area contributed by atoms with Gasteiger partial charge in [-0.1, -0.05) is 18.2 Å². The summed E-state index contributed by atoms with van der Waals surface area (Å²) in [7, 11) is 0. The molecule has 1 saturated heterocycles. The fourth-order valence-corrected chi connectivity index (χ4v) is 3.08. The minimum Gasteiger partial charge on any atom is -0.376 e. The molecular formula is C16H23NO. The number of nitrogens with one attached hydrogen (secondary N) is 1. The van der Waals surface area contributed by atoms with E-state index in [4.69, 9.17) is 4.74 Å². The second kappa shape index (κ2) is 5.85. The van der Waals surface area contributed by atoms with Gasteiger partial charge in [0.1, 0.15) is 0 Å². The fraction of sp³-hybridized carbons (Fsp3) is 0.625. The van der Waals surface area contributed by atoms with Gasteiger partial charge < -0.3 is 10.1 Å². The van der Waals surface area contributed by atoms with E-state index < -0.39 is 0 Å². The van der Waals surface area contributed by atoms with Gasteiger partial charge in [0.15, 0.2) is 0 Å². The van der Waals surface area contributed by atoms with Crippen LogP contribution in [0.5, 0.6) is 0 Å². The summed E-state index contributed by atoms with van der Waals surface area (Å²) < 4.78 is 5.75. The van der Waals surface area contributed by atoms with Crippen LogP contribution >= 0.6 is 0 Å². The zero-order valence-corrected chi connectivity index (χ0v) is 11.1. The first-order valence-corrected chi connectivity index (χ1v) is 7.35. The molecule has 0 amide bonds. The minimum absolute atomic E-state index is 0.412. The van der Waals surface area contributed by atoms with Crippen molar-refractivity contribution in [3.8, 4) is 0 Å². The molecule has 1 fully saturated rings. The van der Waals surface area contributed by atoms with Crippen LogP contribution in [-0.2, 0) is 24.0 Å². The Morgan fingerprint density at radius 1 is 1.17 bits per heavy atom. The normalized spacial score (nSPS) is 23.7. The van der Waals surface area contributed by atoms with Gasteiger partial charge in [0.05, 0.1) is 12.7 Å². The van der Waals surface area contributed by atoms with E-state index >= 15 is 0 Å². The van der Waals surface area contributed by atoms with E-state index in [1.165, 1.54) is 31.2 Å². The maximum atomic E-state index is 5.75. The highest BCUT2D eigenvalue weighted by atomic mass is 16.5. The Kier molecular flexibility index (Phi) is 3.96. The molecule has 1 heterocycles. The molecule has 1 aliphatic carbocycles. The highest BCUT2D eigenvalue weighted by Gasteiger charge is 2.14. The highest BCUT2D eigenvalue weighted by molar-refractivity contribution is 5.33. The molecule has 1 aromatic carbocycles. The summed E-state index contributed by atoms with van der Waals surface area (Å²) in [6.07, 6.45) is 8.01. The number of aryl methyl sites for hydroxylation is 3. The van der Waals surface area contributed by atoms with E-state index in [1.807, 2.05) is 0 Å². The Bertz CT molecular complexity index is 396. The fourth-order valence-electron chi connectivity index (χ4n) is 3.08. The van der Waals surface area contributed by atoms with Crippen molar-refractivity contribution in [3.05, 3.63) is 34.9 Å². The van der Waals surface area contributed by atoms with Crippen molar-refractivity contribution in [1.82, 2.24) is 5.32 Å². The zero-order valence-electron chi connectivity index (χ0n) is 11.1. The van der Waals surface area contributed by atoms with E-state index in [9.17, 15) is 0 Å². The summed E-state index contributed by atoms with van der Waals surface area (Å²) in [4.78, 5) is 0. The smallest absolute Gasteiger partial charge is 0.0703 e. The van der Waals surface area contributed by atoms with Crippen LogP contribution in [0.1, 0.15) is 36.0 Å². The zero-order chi connectivity index (χ0) is 12.2. The Labute approximate surface area is 110 Å². The van der Waals surface area contributed by atoms with Crippen molar-refractivity contribution in [2.24, 2.45) is 0 Å². The van der Waals surface area contributed by atoms with Crippen molar-refractivity contribution in [1.29, 1.82) is 0 Å². The van der Waals surface area contributed by atoms with Crippen molar-refractivity contribution < 1.29 is 4.74 Å². The predicted octanol–water partition coefficient (Wildman–Crippen LogP) is 2.49. The third-order valence-corrected chi connectivity index (χ3v) is 4.17. The maximum Gasteiger partial charge on any atom is 0.0703 e. The maximum absolute atomic E-state index is 5.75. The van der Waals surface area contributed by atoms with E-state index in [2.05, 4.69) is 23.5 Å². The number of ether oxygens (including phenoxy) is 1. The van der Waals surface area contributed by atoms with Crippen LogP contribution in [0, 0.1) is 0 Å². The van der Waals surface area contributed by atoms with Crippen molar-refractivity contribution >= 4 is 0 Å². The van der Waals surface area contributed by atoms with Crippen molar-refractivity contribution in [2.75, 3.05) is 19.7 Å². The minimum atomic E-state index is 0.412. The lowest BCUT2D eigenvalue weighted by molar-refractivity contribution is 0.0238. The summed E-state index contributed by atoms with van der Waals surface area (Å²) >= 11 is 0. The lowest BCUT2D eigenvalue weighted by Crippen LogP contribution is -2.38. The van der Waals surface area contributed by atoms with Crippen LogP contribution in [0.3, 0.4) is 0 Å². The summed E-state index contributed by atoms with van der Waals surface area (Å²) in [5, 5.41) is 3.40. The quantitative estimate of drug-likeness (QED) is 0.883. The molecule has 3 rings (SSSR count). The van der Waals surface area contributed by atoms with Gasteiger partial charge in [-0.05, 0) is 55.2 Å². The van der Waals surface area contributed by atoms with Gasteiger partial charge in [-0.3, -0.25) is 0 Å². The number of benzene rings is 1. The molecule has 2 nitrogen and oxygen atoms in total. The number of morpholine rings is 1. The molecule has 0 spiro atoms. The third kappa shape index (κ3) is 2.93. The van der Waals surface area contributed by atoms with Crippen LogP contribution in [0.15, 0.2) is 18.2 Å². The summed E-state index contributed by atoms with van der Waals surface area (Å²) in [6, 6.07) is 7.11. The largest absolute Gasteiger partial charge is 0.376 e. The van der Waals surface area contributed by atoms with Gasteiger partial charge in [-0.25, -0.2) is 0 Å². The molecule has 0 radical (unpaired) electrons. The Morgan fingerprint density at radius 3 is 2.89 bits per heavy atom. The van der Waals surface area contributed by atoms with Gasteiger partial charge in [0.25, 0.3) is 0 Å². The third-order valence-electron chi connectivity index (χ3n) is 4.17. The van der Waals surface area contributed by atoms with Gasteiger partial charge in [0.2, 0.25) is 0 Å². The summed E-state index contributed by atoms with van der Waals surface area (Å²) in [5.74, 6) is 0. The van der Waals surface area contributed by atoms with Gasteiger partial charge >= 0.3 is 0 Å². The molecule has 18 heavy (non-hydrogen) atoms. The molecule has 2 aliphatic rings. The second-order valence-electron chi connectivity index (χ2n) is 5.55. The molecule has 1 unspecified atom stereocenters. The molecule has 0 aromatic heterocycles. The average molecular weight is 245 g/mol. The predicted molar refractivity (Wildman–Crippen MR) is 74.0 cm³/mol. The lowest BCUT2D eigenvalue weighted by Gasteiger charge is -2.24. The van der Waals surface area contributed by atoms with E-state index in [0.29, 0.717) is 6.10 Å². The molecule has 1 aromatic rings. The molecule has 0 bridgehead atoms. The molecule has 1 aliphatic heterocycles.